The predicted octanol–water partition coefficient (Wildman–Crippen LogP) is 4.81. The van der Waals surface area contributed by atoms with Crippen LogP contribution in [0.3, 0.4) is 0 Å². The van der Waals surface area contributed by atoms with Crippen molar-refractivity contribution in [2.24, 2.45) is 0 Å². The smallest absolute Gasteiger partial charge is 0.292 e. The first-order valence-corrected chi connectivity index (χ1v) is 11.4. The molecule has 1 fully saturated rings. The zero-order valence-electron chi connectivity index (χ0n) is 18.3. The van der Waals surface area contributed by atoms with Crippen LogP contribution in [0.25, 0.3) is 11.3 Å². The Labute approximate surface area is 196 Å². The highest BCUT2D eigenvalue weighted by Crippen LogP contribution is 2.29. The number of aryl methyl sites for hydroxylation is 1. The van der Waals surface area contributed by atoms with Crippen molar-refractivity contribution >= 4 is 17.5 Å². The second-order valence-corrected chi connectivity index (χ2v) is 8.66. The molecule has 0 bridgehead atoms. The Bertz CT molecular complexity index is 1260. The molecule has 1 saturated heterocycles. The maximum absolute atomic E-state index is 13.1. The molecule has 4 aromatic rings. The molecular weight excluding hydrogens is 442 g/mol. The van der Waals surface area contributed by atoms with E-state index in [1.165, 1.54) is 0 Å². The number of benzene rings is 1. The van der Waals surface area contributed by atoms with Gasteiger partial charge in [-0.25, -0.2) is 4.98 Å². The lowest BCUT2D eigenvalue weighted by molar-refractivity contribution is 0.0656. The first-order chi connectivity index (χ1) is 16.1. The third kappa shape index (κ3) is 4.71. The van der Waals surface area contributed by atoms with Crippen molar-refractivity contribution in [3.05, 3.63) is 76.9 Å². The molecule has 3 aromatic heterocycles. The van der Waals surface area contributed by atoms with Gasteiger partial charge in [0.05, 0.1) is 18.3 Å². The van der Waals surface area contributed by atoms with E-state index in [4.69, 9.17) is 20.5 Å². The highest BCUT2D eigenvalue weighted by Gasteiger charge is 2.30. The van der Waals surface area contributed by atoms with Crippen LogP contribution in [0.2, 0.25) is 5.02 Å². The predicted molar refractivity (Wildman–Crippen MR) is 122 cm³/mol. The average molecular weight is 466 g/mol. The van der Waals surface area contributed by atoms with Crippen LogP contribution in [-0.4, -0.2) is 43.8 Å². The Hall–Kier alpha value is -3.39. The number of hydrogen-bond acceptors (Lipinski definition) is 6. The summed E-state index contributed by atoms with van der Waals surface area (Å²) in [5.74, 6) is 1.54. The van der Waals surface area contributed by atoms with Crippen LogP contribution in [0.1, 0.15) is 53.5 Å². The van der Waals surface area contributed by atoms with Gasteiger partial charge >= 0.3 is 0 Å². The fourth-order valence-corrected chi connectivity index (χ4v) is 4.35. The van der Waals surface area contributed by atoms with E-state index in [9.17, 15) is 4.79 Å². The maximum atomic E-state index is 13.1. The highest BCUT2D eigenvalue weighted by atomic mass is 35.5. The summed E-state index contributed by atoms with van der Waals surface area (Å²) in [5.41, 5.74) is 2.49. The van der Waals surface area contributed by atoms with E-state index in [2.05, 4.69) is 15.2 Å². The first-order valence-electron chi connectivity index (χ1n) is 11.1. The number of amides is 1. The lowest BCUT2D eigenvalue weighted by Gasteiger charge is -2.30. The molecule has 0 aliphatic carbocycles. The Balaban J connectivity index is 1.25. The Kier molecular flexibility index (Phi) is 6.00. The monoisotopic (exact) mass is 465 g/mol. The zero-order valence-corrected chi connectivity index (χ0v) is 19.0. The lowest BCUT2D eigenvalue weighted by Crippen LogP contribution is -2.39. The summed E-state index contributed by atoms with van der Waals surface area (Å²) < 4.78 is 13.2. The molecule has 5 rings (SSSR count). The number of carbonyl (C=O) groups excluding carboxylic acids is 1. The Morgan fingerprint density at radius 1 is 1.27 bits per heavy atom. The molecule has 1 aliphatic heterocycles. The molecule has 170 valence electrons. The van der Waals surface area contributed by atoms with Crippen LogP contribution >= 0.6 is 11.6 Å². The topological polar surface area (TPSA) is 90.2 Å². The molecule has 9 heteroatoms. The third-order valence-corrected chi connectivity index (χ3v) is 6.11. The van der Waals surface area contributed by atoms with Gasteiger partial charge in [0, 0.05) is 48.9 Å². The summed E-state index contributed by atoms with van der Waals surface area (Å²) in [5, 5.41) is 9.00. The molecule has 1 aliphatic rings. The quantitative estimate of drug-likeness (QED) is 0.406. The molecule has 1 atom stereocenters. The Morgan fingerprint density at radius 3 is 3.00 bits per heavy atom. The van der Waals surface area contributed by atoms with Gasteiger partial charge in [-0.15, -0.1) is 0 Å². The minimum atomic E-state index is -0.174. The fraction of sp³-hybridized carbons (Fsp3) is 0.333. The highest BCUT2D eigenvalue weighted by molar-refractivity contribution is 6.30. The van der Waals surface area contributed by atoms with Gasteiger partial charge in [0.25, 0.3) is 5.91 Å². The van der Waals surface area contributed by atoms with Gasteiger partial charge in [0.2, 0.25) is 5.76 Å². The van der Waals surface area contributed by atoms with Gasteiger partial charge in [-0.05, 0) is 37.5 Å². The largest absolute Gasteiger partial charge is 0.445 e. The van der Waals surface area contributed by atoms with Gasteiger partial charge in [-0.2, -0.15) is 5.10 Å². The van der Waals surface area contributed by atoms with Gasteiger partial charge < -0.3 is 13.8 Å². The number of piperidine rings is 1. The number of rotatable bonds is 6. The molecule has 0 spiro atoms. The zero-order chi connectivity index (χ0) is 22.8. The van der Waals surface area contributed by atoms with E-state index < -0.39 is 0 Å². The van der Waals surface area contributed by atoms with E-state index in [0.717, 1.165) is 36.3 Å². The van der Waals surface area contributed by atoms with Crippen molar-refractivity contribution in [1.82, 2.24) is 24.8 Å². The summed E-state index contributed by atoms with van der Waals surface area (Å²) in [6.45, 7) is 3.96. The first kappa shape index (κ1) is 21.5. The van der Waals surface area contributed by atoms with Crippen molar-refractivity contribution in [3.63, 3.8) is 0 Å². The van der Waals surface area contributed by atoms with Gasteiger partial charge in [-0.3, -0.25) is 9.48 Å². The molecule has 4 heterocycles. The number of aromatic nitrogens is 4. The van der Waals surface area contributed by atoms with Crippen LogP contribution < -0.4 is 0 Å². The molecule has 8 nitrogen and oxygen atoms in total. The minimum absolute atomic E-state index is 0.0426. The minimum Gasteiger partial charge on any atom is -0.445 e. The number of hydrogen-bond donors (Lipinski definition) is 0. The number of carbonyl (C=O) groups is 1. The van der Waals surface area contributed by atoms with Gasteiger partial charge in [0.15, 0.2) is 5.89 Å². The average Bonchev–Trinajstić information content (AvgIpc) is 3.59. The molecule has 0 saturated carbocycles. The molecule has 0 radical (unpaired) electrons. The van der Waals surface area contributed by atoms with E-state index in [-0.39, 0.29) is 17.6 Å². The number of likely N-dealkylation sites (tertiary alicyclic amines) is 1. The molecular formula is C24H24ClN5O3. The SMILES string of the molecule is CCn1cc(-c2cc(C(=O)N3CCC[C@@H](c4ncc(Cc5cccc(Cl)c5)o4)C3)on2)cn1. The van der Waals surface area contributed by atoms with E-state index >= 15 is 0 Å². The fourth-order valence-electron chi connectivity index (χ4n) is 4.14. The summed E-state index contributed by atoms with van der Waals surface area (Å²) >= 11 is 6.08. The van der Waals surface area contributed by atoms with Crippen LogP contribution in [0, 0.1) is 0 Å². The Morgan fingerprint density at radius 2 is 2.18 bits per heavy atom. The van der Waals surface area contributed by atoms with Gasteiger partial charge in [0.1, 0.15) is 11.5 Å². The third-order valence-electron chi connectivity index (χ3n) is 5.87. The standard InChI is InChI=1S/C24H24ClN5O3/c1-2-30-15-18(12-27-30)21-11-22(33-28-21)24(31)29-8-4-6-17(14-29)23-26-13-20(32-23)10-16-5-3-7-19(25)9-16/h3,5,7,9,11-13,15,17H,2,4,6,8,10,14H2,1H3/t17-/m1/s1. The summed E-state index contributed by atoms with van der Waals surface area (Å²) in [6.07, 6.45) is 7.77. The van der Waals surface area contributed by atoms with Crippen LogP contribution in [0.15, 0.2) is 57.9 Å². The van der Waals surface area contributed by atoms with Crippen molar-refractivity contribution in [2.45, 2.75) is 38.6 Å². The molecule has 1 amide bonds. The maximum Gasteiger partial charge on any atom is 0.292 e. The molecule has 0 unspecified atom stereocenters. The van der Waals surface area contributed by atoms with E-state index in [0.29, 0.717) is 36.1 Å². The summed E-state index contributed by atoms with van der Waals surface area (Å²) in [4.78, 5) is 19.4. The van der Waals surface area contributed by atoms with Crippen molar-refractivity contribution < 1.29 is 13.7 Å². The second kappa shape index (κ2) is 9.23. The van der Waals surface area contributed by atoms with Crippen LogP contribution in [-0.2, 0) is 13.0 Å². The second-order valence-electron chi connectivity index (χ2n) is 8.22. The van der Waals surface area contributed by atoms with E-state index in [1.54, 1.807) is 28.0 Å². The van der Waals surface area contributed by atoms with Crippen LogP contribution in [0.5, 0.6) is 0 Å². The number of oxazole rings is 1. The van der Waals surface area contributed by atoms with Crippen molar-refractivity contribution in [1.29, 1.82) is 0 Å². The normalized spacial score (nSPS) is 16.3. The van der Waals surface area contributed by atoms with E-state index in [1.807, 2.05) is 37.4 Å². The summed E-state index contributed by atoms with van der Waals surface area (Å²) in [7, 11) is 0. The van der Waals surface area contributed by atoms with Gasteiger partial charge in [-0.1, -0.05) is 28.9 Å². The molecule has 1 aromatic carbocycles. The lowest BCUT2D eigenvalue weighted by atomic mass is 9.98. The summed E-state index contributed by atoms with van der Waals surface area (Å²) in [6, 6.07) is 9.37. The number of nitrogens with zero attached hydrogens (tertiary/aromatic N) is 5. The van der Waals surface area contributed by atoms with Crippen molar-refractivity contribution in [3.8, 4) is 11.3 Å². The van der Waals surface area contributed by atoms with Crippen molar-refractivity contribution in [2.75, 3.05) is 13.1 Å². The molecule has 33 heavy (non-hydrogen) atoms. The molecule has 0 N–H and O–H groups in total. The number of halogens is 1. The van der Waals surface area contributed by atoms with Crippen LogP contribution in [0.4, 0.5) is 0 Å².